The van der Waals surface area contributed by atoms with Crippen LogP contribution >= 0.6 is 0 Å². The standard InChI is InChI=1S/C12H17NO5S/c1-8-5-6-10(9(7-8)12(2,3)4)19(16,17)18-13-11(14)15/h5-7,13H,1-4H3,(H,14,15). The van der Waals surface area contributed by atoms with E-state index in [-0.39, 0.29) is 4.90 Å². The summed E-state index contributed by atoms with van der Waals surface area (Å²) in [6, 6.07) is 4.79. The van der Waals surface area contributed by atoms with Gasteiger partial charge in [0.2, 0.25) is 0 Å². The number of hydrogen-bond acceptors (Lipinski definition) is 4. The molecule has 0 unspecified atom stereocenters. The molecule has 0 radical (unpaired) electrons. The summed E-state index contributed by atoms with van der Waals surface area (Å²) in [7, 11) is -4.18. The van der Waals surface area contributed by atoms with Crippen molar-refractivity contribution < 1.29 is 22.6 Å². The second kappa shape index (κ2) is 5.18. The van der Waals surface area contributed by atoms with E-state index in [1.807, 2.05) is 27.7 Å². The molecule has 0 atom stereocenters. The van der Waals surface area contributed by atoms with Crippen molar-refractivity contribution in [1.82, 2.24) is 5.48 Å². The van der Waals surface area contributed by atoms with Crippen molar-refractivity contribution in [2.45, 2.75) is 38.0 Å². The van der Waals surface area contributed by atoms with Gasteiger partial charge in [0.05, 0.1) is 4.90 Å². The van der Waals surface area contributed by atoms with Gasteiger partial charge in [0, 0.05) is 0 Å². The minimum Gasteiger partial charge on any atom is -0.464 e. The smallest absolute Gasteiger partial charge is 0.429 e. The van der Waals surface area contributed by atoms with Crippen molar-refractivity contribution in [2.24, 2.45) is 0 Å². The Bertz CT molecular complexity index is 587. The molecule has 0 aromatic heterocycles. The molecule has 0 aliphatic heterocycles. The number of aryl methyl sites for hydroxylation is 1. The first-order chi connectivity index (χ1) is 8.54. The molecule has 106 valence electrons. The van der Waals surface area contributed by atoms with Gasteiger partial charge in [-0.3, -0.25) is 0 Å². The summed E-state index contributed by atoms with van der Waals surface area (Å²) in [5.41, 5.74) is 2.47. The van der Waals surface area contributed by atoms with Crippen LogP contribution in [0.15, 0.2) is 23.1 Å². The average molecular weight is 287 g/mol. The van der Waals surface area contributed by atoms with Crippen LogP contribution in [0.5, 0.6) is 0 Å². The molecule has 0 heterocycles. The van der Waals surface area contributed by atoms with Crippen molar-refractivity contribution >= 4 is 16.2 Å². The lowest BCUT2D eigenvalue weighted by Gasteiger charge is -2.22. The Labute approximate surface area is 112 Å². The normalized spacial score (nSPS) is 12.2. The van der Waals surface area contributed by atoms with Crippen LogP contribution < -0.4 is 5.48 Å². The van der Waals surface area contributed by atoms with Gasteiger partial charge >= 0.3 is 16.2 Å². The Morgan fingerprint density at radius 1 is 1.32 bits per heavy atom. The summed E-state index contributed by atoms with van der Waals surface area (Å²) < 4.78 is 28.2. The monoisotopic (exact) mass is 287 g/mol. The second-order valence-corrected chi connectivity index (χ2v) is 6.71. The predicted octanol–water partition coefficient (Wildman–Crippen LogP) is 2.18. The van der Waals surface area contributed by atoms with Crippen molar-refractivity contribution in [2.75, 3.05) is 0 Å². The third-order valence-electron chi connectivity index (χ3n) is 2.45. The highest BCUT2D eigenvalue weighted by atomic mass is 32.2. The fraction of sp³-hybridized carbons (Fsp3) is 0.417. The van der Waals surface area contributed by atoms with E-state index < -0.39 is 21.6 Å². The first-order valence-corrected chi connectivity index (χ1v) is 6.98. The van der Waals surface area contributed by atoms with E-state index in [1.165, 1.54) is 11.5 Å². The molecule has 0 aliphatic rings. The Morgan fingerprint density at radius 3 is 2.37 bits per heavy atom. The molecule has 0 saturated carbocycles. The lowest BCUT2D eigenvalue weighted by Crippen LogP contribution is -2.27. The summed E-state index contributed by atoms with van der Waals surface area (Å²) in [6.07, 6.45) is -1.58. The minimum absolute atomic E-state index is 0.0423. The molecular weight excluding hydrogens is 270 g/mol. The second-order valence-electron chi connectivity index (χ2n) is 5.19. The molecule has 0 fully saturated rings. The fourth-order valence-electron chi connectivity index (χ4n) is 1.58. The molecule has 7 heteroatoms. The summed E-state index contributed by atoms with van der Waals surface area (Å²) in [5, 5.41) is 8.40. The van der Waals surface area contributed by atoms with E-state index in [4.69, 9.17) is 5.11 Å². The van der Waals surface area contributed by atoms with Crippen molar-refractivity contribution in [3.63, 3.8) is 0 Å². The topological polar surface area (TPSA) is 92.7 Å². The molecule has 6 nitrogen and oxygen atoms in total. The van der Waals surface area contributed by atoms with Crippen molar-refractivity contribution in [3.05, 3.63) is 29.3 Å². The highest BCUT2D eigenvalue weighted by Crippen LogP contribution is 2.30. The van der Waals surface area contributed by atoms with Gasteiger partial charge in [-0.25, -0.2) is 4.79 Å². The number of amides is 1. The van der Waals surface area contributed by atoms with Gasteiger partial charge in [0.15, 0.2) is 0 Å². The molecular formula is C12H17NO5S. The van der Waals surface area contributed by atoms with E-state index in [0.717, 1.165) is 5.56 Å². The molecule has 2 N–H and O–H groups in total. The van der Waals surface area contributed by atoms with E-state index in [2.05, 4.69) is 4.28 Å². The van der Waals surface area contributed by atoms with Gasteiger partial charge in [-0.2, -0.15) is 13.9 Å². The van der Waals surface area contributed by atoms with E-state index in [9.17, 15) is 13.2 Å². The third-order valence-corrected chi connectivity index (χ3v) is 3.65. The lowest BCUT2D eigenvalue weighted by atomic mass is 9.86. The summed E-state index contributed by atoms with van der Waals surface area (Å²) in [6.45, 7) is 7.45. The molecule has 19 heavy (non-hydrogen) atoms. The third kappa shape index (κ3) is 3.93. The zero-order valence-corrected chi connectivity index (χ0v) is 12.0. The van der Waals surface area contributed by atoms with Crippen LogP contribution in [0.25, 0.3) is 0 Å². The van der Waals surface area contributed by atoms with Gasteiger partial charge < -0.3 is 5.11 Å². The number of rotatable bonds is 3. The predicted molar refractivity (Wildman–Crippen MR) is 69.3 cm³/mol. The van der Waals surface area contributed by atoms with Crippen LogP contribution in [0.2, 0.25) is 0 Å². The largest absolute Gasteiger partial charge is 0.464 e. The molecule has 0 bridgehead atoms. The Morgan fingerprint density at radius 2 is 1.89 bits per heavy atom. The first-order valence-electron chi connectivity index (χ1n) is 5.57. The SMILES string of the molecule is Cc1ccc(S(=O)(=O)ONC(=O)O)c(C(C)(C)C)c1. The minimum atomic E-state index is -4.18. The van der Waals surface area contributed by atoms with E-state index >= 15 is 0 Å². The first kappa shape index (κ1) is 15.5. The van der Waals surface area contributed by atoms with Crippen LogP contribution in [0.4, 0.5) is 4.79 Å². The zero-order valence-electron chi connectivity index (χ0n) is 11.2. The summed E-state index contributed by atoms with van der Waals surface area (Å²) in [5.74, 6) is 0. The maximum Gasteiger partial charge on any atom is 0.429 e. The molecule has 1 aromatic rings. The number of nitrogens with one attached hydrogen (secondary N) is 1. The van der Waals surface area contributed by atoms with Crippen molar-refractivity contribution in [1.29, 1.82) is 0 Å². The van der Waals surface area contributed by atoms with Crippen LogP contribution in [-0.2, 0) is 19.8 Å². The van der Waals surface area contributed by atoms with Crippen LogP contribution in [-0.4, -0.2) is 19.6 Å². The maximum absolute atomic E-state index is 12.0. The molecule has 0 saturated heterocycles. The number of benzene rings is 1. The van der Waals surface area contributed by atoms with Gasteiger partial charge in [-0.1, -0.05) is 38.5 Å². The van der Waals surface area contributed by atoms with Gasteiger partial charge in [0.1, 0.15) is 0 Å². The molecule has 0 aliphatic carbocycles. The quantitative estimate of drug-likeness (QED) is 0.831. The lowest BCUT2D eigenvalue weighted by molar-refractivity contribution is 0.139. The molecule has 1 aromatic carbocycles. The fourth-order valence-corrected chi connectivity index (χ4v) is 2.72. The van der Waals surface area contributed by atoms with Crippen LogP contribution in [0.1, 0.15) is 31.9 Å². The van der Waals surface area contributed by atoms with Gasteiger partial charge in [-0.15, -0.1) is 4.28 Å². The summed E-state index contributed by atoms with van der Waals surface area (Å²) >= 11 is 0. The van der Waals surface area contributed by atoms with Crippen LogP contribution in [0, 0.1) is 6.92 Å². The average Bonchev–Trinajstić information content (AvgIpc) is 2.25. The Hall–Kier alpha value is -1.60. The molecule has 0 spiro atoms. The van der Waals surface area contributed by atoms with Crippen molar-refractivity contribution in [3.8, 4) is 0 Å². The molecule has 1 amide bonds. The maximum atomic E-state index is 12.0. The summed E-state index contributed by atoms with van der Waals surface area (Å²) in [4.78, 5) is 10.3. The van der Waals surface area contributed by atoms with E-state index in [0.29, 0.717) is 5.56 Å². The number of carbonyl (C=O) groups is 1. The van der Waals surface area contributed by atoms with Gasteiger partial charge in [0.25, 0.3) is 0 Å². The Balaban J connectivity index is 3.31. The number of hydrogen-bond donors (Lipinski definition) is 2. The van der Waals surface area contributed by atoms with Crippen LogP contribution in [0.3, 0.4) is 0 Å². The van der Waals surface area contributed by atoms with Gasteiger partial charge in [-0.05, 0) is 24.0 Å². The Kier molecular flexibility index (Phi) is 4.21. The highest BCUT2D eigenvalue weighted by molar-refractivity contribution is 7.86. The zero-order chi connectivity index (χ0) is 14.8. The van der Waals surface area contributed by atoms with E-state index in [1.54, 1.807) is 12.1 Å². The number of hydroxylamine groups is 1. The molecule has 1 rings (SSSR count). The number of carboxylic acid groups (broad SMARTS) is 1. The highest BCUT2D eigenvalue weighted by Gasteiger charge is 2.27.